The summed E-state index contributed by atoms with van der Waals surface area (Å²) in [7, 11) is 0.345. The predicted molar refractivity (Wildman–Crippen MR) is 81.7 cm³/mol. The van der Waals surface area contributed by atoms with Crippen molar-refractivity contribution < 1.29 is 8.95 Å². The lowest BCUT2D eigenvalue weighted by Gasteiger charge is -2.06. The van der Waals surface area contributed by atoms with E-state index in [-0.39, 0.29) is 0 Å². The largest absolute Gasteiger partial charge is 0.496 e. The Morgan fingerprint density at radius 1 is 1.33 bits per heavy atom. The molecule has 0 amide bonds. The lowest BCUT2D eigenvalue weighted by Crippen LogP contribution is -2.01. The van der Waals surface area contributed by atoms with Gasteiger partial charge in [0.25, 0.3) is 0 Å². The normalized spacial score (nSPS) is 12.5. The third-order valence-corrected chi connectivity index (χ3v) is 4.38. The second-order valence-electron chi connectivity index (χ2n) is 4.69. The van der Waals surface area contributed by atoms with Gasteiger partial charge in [0.1, 0.15) is 5.75 Å². The fourth-order valence-electron chi connectivity index (χ4n) is 2.08. The van der Waals surface area contributed by atoms with Crippen molar-refractivity contribution in [1.82, 2.24) is 15.0 Å². The molecule has 6 heteroatoms. The first-order chi connectivity index (χ1) is 10.2. The molecule has 0 fully saturated rings. The van der Waals surface area contributed by atoms with Crippen LogP contribution in [0.25, 0.3) is 11.0 Å². The summed E-state index contributed by atoms with van der Waals surface area (Å²) in [6, 6.07) is 9.44. The Hall–Kier alpha value is -2.21. The minimum atomic E-state index is -1.27. The maximum atomic E-state index is 12.4. The molecule has 1 N–H and O–H groups in total. The number of methoxy groups -OCH3 is 1. The molecule has 1 atom stereocenters. The van der Waals surface area contributed by atoms with Crippen LogP contribution < -0.4 is 4.74 Å². The number of fused-ring (bicyclic) bond motifs is 1. The lowest BCUT2D eigenvalue weighted by atomic mass is 10.2. The highest BCUT2D eigenvalue weighted by atomic mass is 32.2. The molecule has 0 aliphatic heterocycles. The van der Waals surface area contributed by atoms with E-state index in [0.29, 0.717) is 10.9 Å². The van der Waals surface area contributed by atoms with Gasteiger partial charge in [0, 0.05) is 17.8 Å². The molecule has 2 aromatic heterocycles. The first-order valence-electron chi connectivity index (χ1n) is 6.50. The second-order valence-corrected chi connectivity index (χ2v) is 6.06. The quantitative estimate of drug-likeness (QED) is 0.804. The zero-order valence-electron chi connectivity index (χ0n) is 11.8. The molecule has 1 aromatic carbocycles. The molecule has 108 valence electrons. The number of nitrogens with one attached hydrogen (secondary N) is 1. The van der Waals surface area contributed by atoms with Gasteiger partial charge in [-0.25, -0.2) is 4.98 Å². The maximum Gasteiger partial charge on any atom is 0.197 e. The van der Waals surface area contributed by atoms with Gasteiger partial charge in [0.15, 0.2) is 5.16 Å². The molecule has 1 unspecified atom stereocenters. The number of imidazole rings is 1. The van der Waals surface area contributed by atoms with Crippen LogP contribution in [0.5, 0.6) is 5.75 Å². The summed E-state index contributed by atoms with van der Waals surface area (Å²) in [5.74, 6) is 1.05. The highest BCUT2D eigenvalue weighted by Crippen LogP contribution is 2.19. The number of hydrogen-bond acceptors (Lipinski definition) is 4. The van der Waals surface area contributed by atoms with Crippen LogP contribution in [0, 0.1) is 6.92 Å². The molecule has 0 saturated carbocycles. The smallest absolute Gasteiger partial charge is 0.197 e. The summed E-state index contributed by atoms with van der Waals surface area (Å²) in [6.07, 6.45) is 1.73. The summed E-state index contributed by atoms with van der Waals surface area (Å²) in [5.41, 5.74) is 3.37. The van der Waals surface area contributed by atoms with Crippen molar-refractivity contribution in [2.45, 2.75) is 17.8 Å². The maximum absolute atomic E-state index is 12.4. The topological polar surface area (TPSA) is 67.9 Å². The van der Waals surface area contributed by atoms with E-state index in [1.165, 1.54) is 0 Å². The summed E-state index contributed by atoms with van der Waals surface area (Å²) in [4.78, 5) is 11.7. The van der Waals surface area contributed by atoms with Gasteiger partial charge in [0.2, 0.25) is 0 Å². The van der Waals surface area contributed by atoms with Crippen LogP contribution in [0.2, 0.25) is 0 Å². The third kappa shape index (κ3) is 2.80. The van der Waals surface area contributed by atoms with Gasteiger partial charge in [-0.2, -0.15) is 0 Å². The molecule has 0 bridgehead atoms. The highest BCUT2D eigenvalue weighted by Gasteiger charge is 2.12. The van der Waals surface area contributed by atoms with Crippen molar-refractivity contribution in [1.29, 1.82) is 0 Å². The van der Waals surface area contributed by atoms with Gasteiger partial charge in [-0.15, -0.1) is 0 Å². The number of H-pyrrole nitrogens is 1. The molecule has 0 spiro atoms. The number of hydrogen-bond donors (Lipinski definition) is 1. The Kier molecular flexibility index (Phi) is 3.70. The minimum Gasteiger partial charge on any atom is -0.496 e. The number of ether oxygens (including phenoxy) is 1. The molecular weight excluding hydrogens is 286 g/mol. The van der Waals surface area contributed by atoms with E-state index in [1.54, 1.807) is 13.3 Å². The highest BCUT2D eigenvalue weighted by molar-refractivity contribution is 7.84. The summed E-state index contributed by atoms with van der Waals surface area (Å²) < 4.78 is 17.7. The number of aryl methyl sites for hydroxylation is 1. The van der Waals surface area contributed by atoms with Gasteiger partial charge in [-0.1, -0.05) is 12.1 Å². The van der Waals surface area contributed by atoms with E-state index in [9.17, 15) is 4.21 Å². The first kappa shape index (κ1) is 13.8. The number of nitrogens with zero attached hydrogens (tertiary/aromatic N) is 2. The Balaban J connectivity index is 1.85. The number of rotatable bonds is 4. The van der Waals surface area contributed by atoms with Crippen molar-refractivity contribution in [3.05, 3.63) is 47.8 Å². The van der Waals surface area contributed by atoms with Gasteiger partial charge < -0.3 is 9.72 Å². The van der Waals surface area contributed by atoms with Crippen LogP contribution in [0.15, 0.2) is 41.7 Å². The van der Waals surface area contributed by atoms with Crippen LogP contribution in [0.3, 0.4) is 0 Å². The van der Waals surface area contributed by atoms with Crippen molar-refractivity contribution in [2.24, 2.45) is 0 Å². The summed E-state index contributed by atoms with van der Waals surface area (Å²) in [6.45, 7) is 1.92. The average Bonchev–Trinajstić information content (AvgIpc) is 2.93. The molecule has 5 nitrogen and oxygen atoms in total. The SMILES string of the molecule is COc1cc(CS(=O)c2nc3ccccc3[nH]2)ncc1C. The second kappa shape index (κ2) is 5.65. The number of para-hydroxylation sites is 2. The molecule has 0 aliphatic rings. The van der Waals surface area contributed by atoms with Crippen LogP contribution in [0.1, 0.15) is 11.3 Å². The van der Waals surface area contributed by atoms with E-state index in [4.69, 9.17) is 4.74 Å². The number of benzene rings is 1. The number of aromatic amines is 1. The molecule has 2 heterocycles. The Bertz CT molecular complexity index is 781. The summed E-state index contributed by atoms with van der Waals surface area (Å²) >= 11 is 0. The van der Waals surface area contributed by atoms with Crippen molar-refractivity contribution in [2.75, 3.05) is 7.11 Å². The van der Waals surface area contributed by atoms with Gasteiger partial charge >= 0.3 is 0 Å². The molecular formula is C15H15N3O2S. The van der Waals surface area contributed by atoms with E-state index >= 15 is 0 Å². The third-order valence-electron chi connectivity index (χ3n) is 3.19. The zero-order valence-corrected chi connectivity index (χ0v) is 12.6. The van der Waals surface area contributed by atoms with Crippen molar-refractivity contribution in [3.8, 4) is 5.75 Å². The Labute approximate surface area is 124 Å². The lowest BCUT2D eigenvalue weighted by molar-refractivity contribution is 0.410. The van der Waals surface area contributed by atoms with Gasteiger partial charge in [0.05, 0.1) is 40.4 Å². The van der Waals surface area contributed by atoms with E-state index < -0.39 is 10.8 Å². The zero-order chi connectivity index (χ0) is 14.8. The molecule has 0 radical (unpaired) electrons. The van der Waals surface area contributed by atoms with Crippen LogP contribution in [0.4, 0.5) is 0 Å². The van der Waals surface area contributed by atoms with E-state index in [1.807, 2.05) is 37.3 Å². The predicted octanol–water partition coefficient (Wildman–Crippen LogP) is 2.58. The average molecular weight is 301 g/mol. The Morgan fingerprint density at radius 2 is 2.14 bits per heavy atom. The molecule has 21 heavy (non-hydrogen) atoms. The fourth-order valence-corrected chi connectivity index (χ4v) is 3.07. The molecule has 3 aromatic rings. The monoisotopic (exact) mass is 301 g/mol. The number of aromatic nitrogens is 3. The van der Waals surface area contributed by atoms with Crippen molar-refractivity contribution in [3.63, 3.8) is 0 Å². The van der Waals surface area contributed by atoms with E-state index in [2.05, 4.69) is 15.0 Å². The minimum absolute atomic E-state index is 0.302. The number of pyridine rings is 1. The van der Waals surface area contributed by atoms with Crippen LogP contribution >= 0.6 is 0 Å². The summed E-state index contributed by atoms with van der Waals surface area (Å²) in [5, 5.41) is 0.470. The molecule has 0 aliphatic carbocycles. The van der Waals surface area contributed by atoms with Crippen LogP contribution in [-0.2, 0) is 16.6 Å². The van der Waals surface area contributed by atoms with Gasteiger partial charge in [-0.05, 0) is 19.1 Å². The van der Waals surface area contributed by atoms with Crippen LogP contribution in [-0.4, -0.2) is 26.3 Å². The molecule has 3 rings (SSSR count). The molecule has 0 saturated heterocycles. The van der Waals surface area contributed by atoms with Gasteiger partial charge in [-0.3, -0.25) is 9.19 Å². The first-order valence-corrected chi connectivity index (χ1v) is 7.82. The van der Waals surface area contributed by atoms with Crippen molar-refractivity contribution >= 4 is 21.8 Å². The van der Waals surface area contributed by atoms with E-state index in [0.717, 1.165) is 28.0 Å². The standard InChI is InChI=1S/C15H15N3O2S/c1-10-8-16-11(7-14(10)20-2)9-21(19)15-17-12-5-3-4-6-13(12)18-15/h3-8H,9H2,1-2H3,(H,17,18). The Morgan fingerprint density at radius 3 is 2.90 bits per heavy atom. The fraction of sp³-hybridized carbons (Fsp3) is 0.200.